The summed E-state index contributed by atoms with van der Waals surface area (Å²) in [5.41, 5.74) is 1.56. The number of hydrogen-bond donors (Lipinski definition) is 1. The molecule has 7 heteroatoms. The maximum atomic E-state index is 12.7. The number of carbonyl (C=O) groups excluding carboxylic acids is 2. The molecule has 0 spiro atoms. The molecule has 2 heterocycles. The molecule has 1 saturated carbocycles. The van der Waals surface area contributed by atoms with Crippen LogP contribution in [0.25, 0.3) is 11.4 Å². The van der Waals surface area contributed by atoms with E-state index in [0.29, 0.717) is 24.7 Å². The molecule has 1 saturated heterocycles. The highest BCUT2D eigenvalue weighted by atomic mass is 16.5. The lowest BCUT2D eigenvalue weighted by atomic mass is 9.96. The summed E-state index contributed by atoms with van der Waals surface area (Å²) in [7, 11) is 0. The molecule has 1 aliphatic carbocycles. The zero-order valence-corrected chi connectivity index (χ0v) is 17.6. The fourth-order valence-corrected chi connectivity index (χ4v) is 4.61. The van der Waals surface area contributed by atoms with Gasteiger partial charge in [-0.2, -0.15) is 4.98 Å². The Morgan fingerprint density at radius 3 is 2.63 bits per heavy atom. The first-order chi connectivity index (χ1) is 14.6. The van der Waals surface area contributed by atoms with Crippen molar-refractivity contribution in [1.82, 2.24) is 15.0 Å². The summed E-state index contributed by atoms with van der Waals surface area (Å²) >= 11 is 0. The minimum absolute atomic E-state index is 0.0917. The third-order valence-electron chi connectivity index (χ3n) is 6.27. The molecule has 1 aliphatic heterocycles. The van der Waals surface area contributed by atoms with Gasteiger partial charge < -0.3 is 14.7 Å². The van der Waals surface area contributed by atoms with E-state index in [2.05, 4.69) is 15.5 Å². The smallest absolute Gasteiger partial charge is 0.231 e. The number of piperidine rings is 1. The van der Waals surface area contributed by atoms with Crippen LogP contribution in [0.5, 0.6) is 0 Å². The van der Waals surface area contributed by atoms with Crippen LogP contribution in [0.15, 0.2) is 28.8 Å². The van der Waals surface area contributed by atoms with Crippen molar-refractivity contribution in [2.75, 3.05) is 18.4 Å². The van der Waals surface area contributed by atoms with E-state index < -0.39 is 0 Å². The Bertz CT molecular complexity index is 871. The maximum Gasteiger partial charge on any atom is 0.231 e. The largest absolute Gasteiger partial charge is 0.342 e. The van der Waals surface area contributed by atoms with E-state index in [4.69, 9.17) is 4.52 Å². The van der Waals surface area contributed by atoms with Gasteiger partial charge in [0.15, 0.2) is 0 Å². The second kappa shape index (κ2) is 9.41. The third kappa shape index (κ3) is 5.07. The van der Waals surface area contributed by atoms with E-state index in [0.717, 1.165) is 43.0 Å². The van der Waals surface area contributed by atoms with Gasteiger partial charge in [0.1, 0.15) is 0 Å². The van der Waals surface area contributed by atoms with Crippen molar-refractivity contribution in [3.63, 3.8) is 0 Å². The monoisotopic (exact) mass is 410 g/mol. The van der Waals surface area contributed by atoms with E-state index in [1.807, 2.05) is 29.2 Å². The SMILES string of the molecule is CC(=O)Nc1ccc(-c2noc(C3CCCN(C(=O)CCC4CCCC4)C3)n2)cc1. The van der Waals surface area contributed by atoms with E-state index in [9.17, 15) is 9.59 Å². The summed E-state index contributed by atoms with van der Waals surface area (Å²) in [6.07, 6.45) is 8.81. The molecule has 7 nitrogen and oxygen atoms in total. The van der Waals surface area contributed by atoms with Crippen molar-refractivity contribution < 1.29 is 14.1 Å². The molecule has 1 aromatic heterocycles. The quantitative estimate of drug-likeness (QED) is 0.764. The van der Waals surface area contributed by atoms with Crippen molar-refractivity contribution >= 4 is 17.5 Å². The fourth-order valence-electron chi connectivity index (χ4n) is 4.61. The molecule has 1 unspecified atom stereocenters. The molecule has 1 N–H and O–H groups in total. The lowest BCUT2D eigenvalue weighted by Gasteiger charge is -2.31. The highest BCUT2D eigenvalue weighted by molar-refractivity contribution is 5.88. The number of rotatable bonds is 6. The Morgan fingerprint density at radius 1 is 1.13 bits per heavy atom. The predicted octanol–water partition coefficient (Wildman–Crippen LogP) is 4.37. The Balaban J connectivity index is 1.35. The van der Waals surface area contributed by atoms with Gasteiger partial charge in [-0.25, -0.2) is 0 Å². The van der Waals surface area contributed by atoms with Gasteiger partial charge in [-0.1, -0.05) is 30.8 Å². The van der Waals surface area contributed by atoms with Gasteiger partial charge in [-0.15, -0.1) is 0 Å². The number of aromatic nitrogens is 2. The topological polar surface area (TPSA) is 88.3 Å². The minimum atomic E-state index is -0.107. The molecule has 0 bridgehead atoms. The van der Waals surface area contributed by atoms with E-state index in [1.165, 1.54) is 32.6 Å². The summed E-state index contributed by atoms with van der Waals surface area (Å²) in [6.45, 7) is 2.96. The average molecular weight is 411 g/mol. The van der Waals surface area contributed by atoms with Gasteiger partial charge in [0, 0.05) is 37.7 Å². The molecule has 4 rings (SSSR count). The van der Waals surface area contributed by atoms with E-state index >= 15 is 0 Å². The normalized spacial score (nSPS) is 19.8. The van der Waals surface area contributed by atoms with Crippen LogP contribution in [0.3, 0.4) is 0 Å². The molecule has 30 heavy (non-hydrogen) atoms. The highest BCUT2D eigenvalue weighted by Crippen LogP contribution is 2.31. The first kappa shape index (κ1) is 20.6. The highest BCUT2D eigenvalue weighted by Gasteiger charge is 2.29. The van der Waals surface area contributed by atoms with Gasteiger partial charge in [0.05, 0.1) is 5.92 Å². The first-order valence-electron chi connectivity index (χ1n) is 11.1. The summed E-state index contributed by atoms with van der Waals surface area (Å²) in [5, 5.41) is 6.88. The Labute approximate surface area is 177 Å². The van der Waals surface area contributed by atoms with Crippen molar-refractivity contribution in [2.45, 2.75) is 64.2 Å². The molecule has 2 amide bonds. The lowest BCUT2D eigenvalue weighted by Crippen LogP contribution is -2.39. The second-order valence-electron chi connectivity index (χ2n) is 8.58. The molecule has 0 radical (unpaired) electrons. The van der Waals surface area contributed by atoms with Crippen LogP contribution in [-0.4, -0.2) is 39.9 Å². The summed E-state index contributed by atoms with van der Waals surface area (Å²) in [5.74, 6) is 2.12. The van der Waals surface area contributed by atoms with E-state index in [1.54, 1.807) is 0 Å². The van der Waals surface area contributed by atoms with Crippen LogP contribution >= 0.6 is 0 Å². The summed E-state index contributed by atoms with van der Waals surface area (Å²) < 4.78 is 5.55. The van der Waals surface area contributed by atoms with Crippen LogP contribution < -0.4 is 5.32 Å². The van der Waals surface area contributed by atoms with Crippen LogP contribution in [0.1, 0.15) is 70.1 Å². The molecule has 1 atom stereocenters. The maximum absolute atomic E-state index is 12.7. The lowest BCUT2D eigenvalue weighted by molar-refractivity contribution is -0.132. The van der Waals surface area contributed by atoms with Gasteiger partial charge in [0.2, 0.25) is 23.5 Å². The second-order valence-corrected chi connectivity index (χ2v) is 8.58. The number of carbonyl (C=O) groups is 2. The number of likely N-dealkylation sites (tertiary alicyclic amines) is 1. The average Bonchev–Trinajstić information content (AvgIpc) is 3.44. The Kier molecular flexibility index (Phi) is 6.45. The van der Waals surface area contributed by atoms with E-state index in [-0.39, 0.29) is 17.7 Å². The zero-order chi connectivity index (χ0) is 20.9. The van der Waals surface area contributed by atoms with Crippen LogP contribution in [0.4, 0.5) is 5.69 Å². The van der Waals surface area contributed by atoms with Crippen molar-refractivity contribution in [2.24, 2.45) is 5.92 Å². The molecular weight excluding hydrogens is 380 g/mol. The minimum Gasteiger partial charge on any atom is -0.342 e. The van der Waals surface area contributed by atoms with Crippen molar-refractivity contribution in [1.29, 1.82) is 0 Å². The van der Waals surface area contributed by atoms with Crippen LogP contribution in [-0.2, 0) is 9.59 Å². The molecular formula is C23H30N4O3. The molecule has 1 aromatic carbocycles. The number of nitrogens with zero attached hydrogens (tertiary/aromatic N) is 3. The predicted molar refractivity (Wildman–Crippen MR) is 114 cm³/mol. The fraction of sp³-hybridized carbons (Fsp3) is 0.565. The number of benzene rings is 1. The van der Waals surface area contributed by atoms with Crippen LogP contribution in [0.2, 0.25) is 0 Å². The summed E-state index contributed by atoms with van der Waals surface area (Å²) in [4.78, 5) is 30.4. The standard InChI is InChI=1S/C23H30N4O3/c1-16(28)24-20-11-9-18(10-12-20)22-25-23(30-26-22)19-7-4-14-27(15-19)21(29)13-8-17-5-2-3-6-17/h9-12,17,19H,2-8,13-15H2,1H3,(H,24,28). The zero-order valence-electron chi connectivity index (χ0n) is 17.6. The van der Waals surface area contributed by atoms with Gasteiger partial charge in [0.25, 0.3) is 0 Å². The van der Waals surface area contributed by atoms with Gasteiger partial charge in [-0.3, -0.25) is 9.59 Å². The number of hydrogen-bond acceptors (Lipinski definition) is 5. The Morgan fingerprint density at radius 2 is 1.90 bits per heavy atom. The molecule has 2 aliphatic rings. The van der Waals surface area contributed by atoms with Crippen molar-refractivity contribution in [3.8, 4) is 11.4 Å². The molecule has 160 valence electrons. The van der Waals surface area contributed by atoms with Gasteiger partial charge >= 0.3 is 0 Å². The molecule has 2 fully saturated rings. The number of anilines is 1. The summed E-state index contributed by atoms with van der Waals surface area (Å²) in [6, 6.07) is 7.36. The van der Waals surface area contributed by atoms with Crippen molar-refractivity contribution in [3.05, 3.63) is 30.2 Å². The van der Waals surface area contributed by atoms with Gasteiger partial charge in [-0.05, 0) is 49.4 Å². The third-order valence-corrected chi connectivity index (χ3v) is 6.27. The van der Waals surface area contributed by atoms with Crippen LogP contribution in [0, 0.1) is 5.92 Å². The number of amides is 2. The number of nitrogens with one attached hydrogen (secondary N) is 1. The Hall–Kier alpha value is -2.70. The first-order valence-corrected chi connectivity index (χ1v) is 11.1. The molecule has 2 aromatic rings.